The number of aromatic nitrogens is 3. The van der Waals surface area contributed by atoms with Crippen molar-refractivity contribution in [2.75, 3.05) is 12.9 Å². The largest absolute Gasteiger partial charge is 0.469 e. The van der Waals surface area contributed by atoms with Crippen molar-refractivity contribution in [3.63, 3.8) is 0 Å². The van der Waals surface area contributed by atoms with Gasteiger partial charge in [-0.05, 0) is 13.0 Å². The lowest BCUT2D eigenvalue weighted by atomic mass is 10.2. The van der Waals surface area contributed by atoms with E-state index in [2.05, 4.69) is 14.9 Å². The average molecular weight is 281 g/mol. The summed E-state index contributed by atoms with van der Waals surface area (Å²) < 4.78 is 11.7. The summed E-state index contributed by atoms with van der Waals surface area (Å²) in [7, 11) is 3.28. The fourth-order valence-electron chi connectivity index (χ4n) is 1.62. The molecule has 0 N–H and O–H groups in total. The molecule has 0 aliphatic heterocycles. The van der Waals surface area contributed by atoms with E-state index in [1.807, 2.05) is 24.6 Å². The molecule has 2 aromatic heterocycles. The Hall–Kier alpha value is -1.76. The van der Waals surface area contributed by atoms with E-state index in [-0.39, 0.29) is 5.97 Å². The minimum atomic E-state index is -0.222. The lowest BCUT2D eigenvalue weighted by molar-refractivity contribution is -0.140. The zero-order chi connectivity index (χ0) is 13.8. The minimum Gasteiger partial charge on any atom is -0.469 e. The summed E-state index contributed by atoms with van der Waals surface area (Å²) in [5.74, 6) is 1.96. The molecule has 0 amide bonds. The number of carbonyl (C=O) groups excluding carboxylic acids is 1. The van der Waals surface area contributed by atoms with Gasteiger partial charge in [0, 0.05) is 12.8 Å². The second kappa shape index (κ2) is 5.92. The molecule has 19 heavy (non-hydrogen) atoms. The number of thioether (sulfide) groups is 1. The molecular formula is C12H15N3O3S. The molecule has 0 aromatic carbocycles. The van der Waals surface area contributed by atoms with Gasteiger partial charge in [0.15, 0.2) is 11.0 Å². The molecule has 0 atom stereocenters. The van der Waals surface area contributed by atoms with E-state index < -0.39 is 0 Å². The van der Waals surface area contributed by atoms with E-state index in [9.17, 15) is 4.79 Å². The molecule has 0 saturated heterocycles. The summed E-state index contributed by atoms with van der Waals surface area (Å²) in [6.45, 7) is 1.88. The van der Waals surface area contributed by atoms with Crippen LogP contribution in [-0.4, -0.2) is 33.6 Å². The van der Waals surface area contributed by atoms with E-state index >= 15 is 0 Å². The SMILES string of the molecule is COC(=O)CCSc1nnc(-c2ccoc2C)n1C. The third-order valence-corrected chi connectivity index (χ3v) is 3.72. The molecule has 102 valence electrons. The monoisotopic (exact) mass is 281 g/mol. The van der Waals surface area contributed by atoms with Gasteiger partial charge in [0.2, 0.25) is 0 Å². The number of nitrogens with zero attached hydrogens (tertiary/aromatic N) is 3. The van der Waals surface area contributed by atoms with Crippen LogP contribution in [-0.2, 0) is 16.6 Å². The molecule has 0 fully saturated rings. The van der Waals surface area contributed by atoms with E-state index in [0.717, 1.165) is 22.3 Å². The molecule has 0 saturated carbocycles. The van der Waals surface area contributed by atoms with Crippen LogP contribution in [0.15, 0.2) is 21.9 Å². The van der Waals surface area contributed by atoms with Crippen LogP contribution in [0.4, 0.5) is 0 Å². The van der Waals surface area contributed by atoms with Crippen molar-refractivity contribution < 1.29 is 13.9 Å². The summed E-state index contributed by atoms with van der Waals surface area (Å²) in [5.41, 5.74) is 0.926. The summed E-state index contributed by atoms with van der Waals surface area (Å²) in [5, 5.41) is 9.03. The Morgan fingerprint density at radius 3 is 2.95 bits per heavy atom. The third kappa shape index (κ3) is 2.98. The van der Waals surface area contributed by atoms with Gasteiger partial charge < -0.3 is 13.7 Å². The predicted molar refractivity (Wildman–Crippen MR) is 70.8 cm³/mol. The molecular weight excluding hydrogens is 266 g/mol. The second-order valence-electron chi connectivity index (χ2n) is 3.93. The third-order valence-electron chi connectivity index (χ3n) is 2.70. The molecule has 2 rings (SSSR count). The Bertz CT molecular complexity index is 577. The summed E-state index contributed by atoms with van der Waals surface area (Å²) >= 11 is 1.47. The average Bonchev–Trinajstić information content (AvgIpc) is 2.96. The highest BCUT2D eigenvalue weighted by molar-refractivity contribution is 7.99. The Kier molecular flexibility index (Phi) is 4.26. The summed E-state index contributed by atoms with van der Waals surface area (Å²) in [6, 6.07) is 1.86. The first-order valence-electron chi connectivity index (χ1n) is 5.77. The number of hydrogen-bond donors (Lipinski definition) is 0. The van der Waals surface area contributed by atoms with Crippen molar-refractivity contribution in [2.24, 2.45) is 7.05 Å². The summed E-state index contributed by atoms with van der Waals surface area (Å²) in [6.07, 6.45) is 1.98. The van der Waals surface area contributed by atoms with Gasteiger partial charge in [0.1, 0.15) is 5.76 Å². The van der Waals surface area contributed by atoms with Crippen LogP contribution in [0.3, 0.4) is 0 Å². The van der Waals surface area contributed by atoms with Gasteiger partial charge in [-0.3, -0.25) is 4.79 Å². The van der Waals surface area contributed by atoms with Crippen LogP contribution in [0.1, 0.15) is 12.2 Å². The molecule has 0 bridgehead atoms. The predicted octanol–water partition coefficient (Wildman–Crippen LogP) is 2.04. The van der Waals surface area contributed by atoms with Gasteiger partial charge in [0.05, 0.1) is 25.4 Å². The van der Waals surface area contributed by atoms with Crippen LogP contribution < -0.4 is 0 Å². The molecule has 0 unspecified atom stereocenters. The number of rotatable bonds is 5. The highest BCUT2D eigenvalue weighted by Gasteiger charge is 2.14. The van der Waals surface area contributed by atoms with Crippen molar-refractivity contribution in [3.8, 4) is 11.4 Å². The topological polar surface area (TPSA) is 70.2 Å². The lowest BCUT2D eigenvalue weighted by Crippen LogP contribution is -2.02. The number of ether oxygens (including phenoxy) is 1. The second-order valence-corrected chi connectivity index (χ2v) is 4.99. The normalized spacial score (nSPS) is 10.7. The minimum absolute atomic E-state index is 0.222. The maximum absolute atomic E-state index is 11.0. The van der Waals surface area contributed by atoms with Crippen molar-refractivity contribution in [3.05, 3.63) is 18.1 Å². The lowest BCUT2D eigenvalue weighted by Gasteiger charge is -2.02. The highest BCUT2D eigenvalue weighted by atomic mass is 32.2. The number of hydrogen-bond acceptors (Lipinski definition) is 6. The van der Waals surface area contributed by atoms with Gasteiger partial charge in [0.25, 0.3) is 0 Å². The van der Waals surface area contributed by atoms with Crippen LogP contribution in [0, 0.1) is 6.92 Å². The Morgan fingerprint density at radius 2 is 2.32 bits per heavy atom. The molecule has 6 nitrogen and oxygen atoms in total. The number of carbonyl (C=O) groups is 1. The first-order valence-corrected chi connectivity index (χ1v) is 6.75. The van der Waals surface area contributed by atoms with Crippen LogP contribution >= 0.6 is 11.8 Å². The fourth-order valence-corrected chi connectivity index (χ4v) is 2.45. The van der Waals surface area contributed by atoms with Gasteiger partial charge in [-0.25, -0.2) is 0 Å². The molecule has 0 spiro atoms. The molecule has 2 heterocycles. The van der Waals surface area contributed by atoms with Crippen molar-refractivity contribution >= 4 is 17.7 Å². The fraction of sp³-hybridized carbons (Fsp3) is 0.417. The molecule has 2 aromatic rings. The Balaban J connectivity index is 2.07. The van der Waals surface area contributed by atoms with Crippen molar-refractivity contribution in [1.82, 2.24) is 14.8 Å². The molecule has 7 heteroatoms. The molecule has 0 aliphatic rings. The first kappa shape index (κ1) is 13.7. The zero-order valence-electron chi connectivity index (χ0n) is 11.0. The Labute approximate surface area is 115 Å². The van der Waals surface area contributed by atoms with Crippen molar-refractivity contribution in [1.29, 1.82) is 0 Å². The number of aryl methyl sites for hydroxylation is 1. The van der Waals surface area contributed by atoms with Crippen LogP contribution in [0.5, 0.6) is 0 Å². The van der Waals surface area contributed by atoms with Gasteiger partial charge >= 0.3 is 5.97 Å². The number of esters is 1. The maximum Gasteiger partial charge on any atom is 0.306 e. The first-order chi connectivity index (χ1) is 9.13. The van der Waals surface area contributed by atoms with Crippen LogP contribution in [0.2, 0.25) is 0 Å². The van der Waals surface area contributed by atoms with Crippen LogP contribution in [0.25, 0.3) is 11.4 Å². The highest BCUT2D eigenvalue weighted by Crippen LogP contribution is 2.25. The van der Waals surface area contributed by atoms with E-state index in [1.165, 1.54) is 18.9 Å². The van der Waals surface area contributed by atoms with E-state index in [1.54, 1.807) is 6.26 Å². The Morgan fingerprint density at radius 1 is 1.53 bits per heavy atom. The van der Waals surface area contributed by atoms with Crippen molar-refractivity contribution in [2.45, 2.75) is 18.5 Å². The van der Waals surface area contributed by atoms with Gasteiger partial charge in [-0.2, -0.15) is 0 Å². The number of furan rings is 1. The molecule has 0 aliphatic carbocycles. The smallest absolute Gasteiger partial charge is 0.306 e. The van der Waals surface area contributed by atoms with E-state index in [4.69, 9.17) is 4.42 Å². The van der Waals surface area contributed by atoms with Gasteiger partial charge in [-0.15, -0.1) is 10.2 Å². The molecule has 0 radical (unpaired) electrons. The quantitative estimate of drug-likeness (QED) is 0.617. The summed E-state index contributed by atoms with van der Waals surface area (Å²) in [4.78, 5) is 11.0. The van der Waals surface area contributed by atoms with Gasteiger partial charge in [-0.1, -0.05) is 11.8 Å². The zero-order valence-corrected chi connectivity index (χ0v) is 11.9. The number of methoxy groups -OCH3 is 1. The standard InChI is InChI=1S/C12H15N3O3S/c1-8-9(4-6-18-8)11-13-14-12(15(11)2)19-7-5-10(16)17-3/h4,6H,5,7H2,1-3H3. The maximum atomic E-state index is 11.0. The van der Waals surface area contributed by atoms with E-state index in [0.29, 0.717) is 12.2 Å².